The fourth-order valence-corrected chi connectivity index (χ4v) is 2.68. The Morgan fingerprint density at radius 1 is 1.00 bits per heavy atom. The molecule has 1 aliphatic rings. The lowest BCUT2D eigenvalue weighted by Crippen LogP contribution is -2.40. The van der Waals surface area contributed by atoms with E-state index in [1.165, 1.54) is 0 Å². The zero-order valence-electron chi connectivity index (χ0n) is 10.4. The van der Waals surface area contributed by atoms with Crippen molar-refractivity contribution in [3.63, 3.8) is 0 Å². The Balaban J connectivity index is 2.36. The quantitative estimate of drug-likeness (QED) is 0.499. The SMILES string of the molecule is FC(OC(F)(F)F)C(F)(F)OCC1CCC(CBr)CC1. The number of alkyl halides is 7. The van der Waals surface area contributed by atoms with Gasteiger partial charge in [0.25, 0.3) is 6.36 Å². The molecule has 1 saturated carbocycles. The Labute approximate surface area is 120 Å². The molecule has 9 heteroatoms. The predicted octanol–water partition coefficient (Wildman–Crippen LogP) is 4.63. The molecule has 120 valence electrons. The first-order valence-corrected chi connectivity index (χ1v) is 7.22. The van der Waals surface area contributed by atoms with E-state index in [0.29, 0.717) is 18.8 Å². The fourth-order valence-electron chi connectivity index (χ4n) is 2.03. The highest BCUT2D eigenvalue weighted by molar-refractivity contribution is 9.09. The van der Waals surface area contributed by atoms with Gasteiger partial charge in [0.15, 0.2) is 0 Å². The third-order valence-electron chi connectivity index (χ3n) is 3.20. The standard InChI is InChI=1S/C11H15BrF6O2/c12-5-7-1-3-8(4-2-7)6-19-10(14,15)9(13)20-11(16,17)18/h7-9H,1-6H2. The summed E-state index contributed by atoms with van der Waals surface area (Å²) in [7, 11) is 0. The Hall–Kier alpha value is -0.0200. The normalized spacial score (nSPS) is 26.6. The van der Waals surface area contributed by atoms with Gasteiger partial charge in [0.1, 0.15) is 0 Å². The molecule has 0 heterocycles. The van der Waals surface area contributed by atoms with E-state index < -0.39 is 25.4 Å². The van der Waals surface area contributed by atoms with E-state index in [1.54, 1.807) is 0 Å². The van der Waals surface area contributed by atoms with E-state index in [2.05, 4.69) is 25.4 Å². The van der Waals surface area contributed by atoms with Crippen molar-refractivity contribution in [1.82, 2.24) is 0 Å². The maximum Gasteiger partial charge on any atom is 0.525 e. The predicted molar refractivity (Wildman–Crippen MR) is 62.2 cm³/mol. The van der Waals surface area contributed by atoms with Crippen LogP contribution in [0.25, 0.3) is 0 Å². The minimum Gasteiger partial charge on any atom is -0.316 e. The maximum absolute atomic E-state index is 13.0. The molecule has 0 amide bonds. The average Bonchev–Trinajstić information content (AvgIpc) is 2.35. The molecule has 1 rings (SSSR count). The highest BCUT2D eigenvalue weighted by Crippen LogP contribution is 2.34. The number of ether oxygens (including phenoxy) is 2. The molecular formula is C11H15BrF6O2. The average molecular weight is 373 g/mol. The molecule has 0 aromatic heterocycles. The van der Waals surface area contributed by atoms with Crippen molar-refractivity contribution < 1.29 is 35.8 Å². The van der Waals surface area contributed by atoms with E-state index in [4.69, 9.17) is 0 Å². The molecule has 0 saturated heterocycles. The van der Waals surface area contributed by atoms with E-state index in [9.17, 15) is 26.3 Å². The molecule has 1 unspecified atom stereocenters. The first-order valence-electron chi connectivity index (χ1n) is 6.10. The lowest BCUT2D eigenvalue weighted by atomic mass is 9.83. The van der Waals surface area contributed by atoms with Crippen molar-refractivity contribution in [2.75, 3.05) is 11.9 Å². The van der Waals surface area contributed by atoms with Gasteiger partial charge in [-0.15, -0.1) is 13.2 Å². The monoisotopic (exact) mass is 372 g/mol. The van der Waals surface area contributed by atoms with Gasteiger partial charge in [0.05, 0.1) is 6.61 Å². The molecule has 2 nitrogen and oxygen atoms in total. The summed E-state index contributed by atoms with van der Waals surface area (Å²) in [6.07, 6.45) is -11.0. The smallest absolute Gasteiger partial charge is 0.316 e. The first-order chi connectivity index (χ1) is 9.14. The van der Waals surface area contributed by atoms with Crippen LogP contribution in [0.5, 0.6) is 0 Å². The van der Waals surface area contributed by atoms with Gasteiger partial charge in [-0.1, -0.05) is 15.9 Å². The Kier molecular flexibility index (Phi) is 6.59. The van der Waals surface area contributed by atoms with Crippen molar-refractivity contribution in [3.05, 3.63) is 0 Å². The molecule has 0 spiro atoms. The summed E-state index contributed by atoms with van der Waals surface area (Å²) >= 11 is 3.32. The van der Waals surface area contributed by atoms with Crippen LogP contribution in [-0.4, -0.2) is 30.8 Å². The van der Waals surface area contributed by atoms with Crippen LogP contribution in [0.3, 0.4) is 0 Å². The molecule has 0 bridgehead atoms. The first kappa shape index (κ1) is 18.0. The molecule has 1 fully saturated rings. The van der Waals surface area contributed by atoms with Gasteiger partial charge in [0, 0.05) is 5.33 Å². The number of halogens is 7. The van der Waals surface area contributed by atoms with Gasteiger partial charge in [-0.2, -0.15) is 8.78 Å². The van der Waals surface area contributed by atoms with Gasteiger partial charge in [0.2, 0.25) is 0 Å². The summed E-state index contributed by atoms with van der Waals surface area (Å²) < 4.78 is 80.4. The largest absolute Gasteiger partial charge is 0.525 e. The summed E-state index contributed by atoms with van der Waals surface area (Å²) in [4.78, 5) is 0. The number of hydrogen-bond donors (Lipinski definition) is 0. The summed E-state index contributed by atoms with van der Waals surface area (Å²) in [5, 5.41) is 0.822. The minimum atomic E-state index is -5.47. The summed E-state index contributed by atoms with van der Waals surface area (Å²) in [6.45, 7) is -0.482. The highest BCUT2D eigenvalue weighted by Gasteiger charge is 2.49. The fraction of sp³-hybridized carbons (Fsp3) is 1.00. The molecule has 0 aliphatic heterocycles. The van der Waals surface area contributed by atoms with Crippen molar-refractivity contribution >= 4 is 15.9 Å². The van der Waals surface area contributed by atoms with Crippen molar-refractivity contribution in [2.24, 2.45) is 11.8 Å². The second-order valence-electron chi connectivity index (χ2n) is 4.79. The van der Waals surface area contributed by atoms with Crippen LogP contribution in [0.1, 0.15) is 25.7 Å². The number of hydrogen-bond acceptors (Lipinski definition) is 2. The Morgan fingerprint density at radius 2 is 1.50 bits per heavy atom. The molecule has 0 aromatic carbocycles. The highest BCUT2D eigenvalue weighted by atomic mass is 79.9. The summed E-state index contributed by atoms with van der Waals surface area (Å²) in [5.74, 6) is 0.267. The van der Waals surface area contributed by atoms with Gasteiger partial charge in [-0.3, -0.25) is 0 Å². The summed E-state index contributed by atoms with van der Waals surface area (Å²) in [5.41, 5.74) is 0. The maximum atomic E-state index is 13.0. The van der Waals surface area contributed by atoms with Crippen molar-refractivity contribution in [2.45, 2.75) is 44.5 Å². The molecular weight excluding hydrogens is 358 g/mol. The van der Waals surface area contributed by atoms with Crippen LogP contribution >= 0.6 is 15.9 Å². The van der Waals surface area contributed by atoms with Crippen LogP contribution in [0.2, 0.25) is 0 Å². The van der Waals surface area contributed by atoms with Crippen LogP contribution in [0.15, 0.2) is 0 Å². The molecule has 0 N–H and O–H groups in total. The van der Waals surface area contributed by atoms with E-state index in [0.717, 1.165) is 18.2 Å². The van der Waals surface area contributed by atoms with E-state index >= 15 is 0 Å². The van der Waals surface area contributed by atoms with E-state index in [1.807, 2.05) is 0 Å². The van der Waals surface area contributed by atoms with Crippen LogP contribution in [0, 0.1) is 11.8 Å². The number of rotatable bonds is 6. The van der Waals surface area contributed by atoms with Crippen molar-refractivity contribution in [1.29, 1.82) is 0 Å². The van der Waals surface area contributed by atoms with Gasteiger partial charge in [-0.05, 0) is 37.5 Å². The van der Waals surface area contributed by atoms with Crippen LogP contribution < -0.4 is 0 Å². The second-order valence-corrected chi connectivity index (χ2v) is 5.44. The van der Waals surface area contributed by atoms with Gasteiger partial charge in [-0.25, -0.2) is 9.13 Å². The van der Waals surface area contributed by atoms with Crippen LogP contribution in [-0.2, 0) is 9.47 Å². The lowest BCUT2D eigenvalue weighted by molar-refractivity contribution is -0.424. The topological polar surface area (TPSA) is 18.5 Å². The molecule has 0 aromatic rings. The van der Waals surface area contributed by atoms with Gasteiger partial charge < -0.3 is 4.74 Å². The second kappa shape index (κ2) is 7.31. The Morgan fingerprint density at radius 3 is 1.95 bits per heavy atom. The molecule has 0 radical (unpaired) electrons. The summed E-state index contributed by atoms with van der Waals surface area (Å²) in [6, 6.07) is 0. The zero-order valence-corrected chi connectivity index (χ0v) is 12.0. The van der Waals surface area contributed by atoms with Crippen molar-refractivity contribution in [3.8, 4) is 0 Å². The molecule has 1 aliphatic carbocycles. The van der Waals surface area contributed by atoms with Crippen LogP contribution in [0.4, 0.5) is 26.3 Å². The van der Waals surface area contributed by atoms with Gasteiger partial charge >= 0.3 is 12.5 Å². The lowest BCUT2D eigenvalue weighted by Gasteiger charge is -2.29. The Bertz CT molecular complexity index is 291. The van der Waals surface area contributed by atoms with E-state index in [-0.39, 0.29) is 5.92 Å². The third-order valence-corrected chi connectivity index (χ3v) is 4.11. The third kappa shape index (κ3) is 6.17. The zero-order chi connectivity index (χ0) is 15.4. The minimum absolute atomic E-state index is 0.200. The molecule has 20 heavy (non-hydrogen) atoms. The molecule has 1 atom stereocenters.